The van der Waals surface area contributed by atoms with Crippen LogP contribution in [0.3, 0.4) is 0 Å². The van der Waals surface area contributed by atoms with Gasteiger partial charge in [0.1, 0.15) is 0 Å². The molecule has 1 aromatic rings. The predicted octanol–water partition coefficient (Wildman–Crippen LogP) is 4.47. The van der Waals surface area contributed by atoms with Gasteiger partial charge in [-0.15, -0.1) is 11.3 Å². The van der Waals surface area contributed by atoms with E-state index in [1.165, 1.54) is 55.6 Å². The Bertz CT molecular complexity index is 440. The average molecular weight is 292 g/mol. The van der Waals surface area contributed by atoms with Crippen molar-refractivity contribution in [3.05, 3.63) is 15.6 Å². The van der Waals surface area contributed by atoms with Crippen molar-refractivity contribution >= 4 is 11.3 Å². The lowest BCUT2D eigenvalue weighted by molar-refractivity contribution is 0.499. The Balaban J connectivity index is 1.71. The van der Waals surface area contributed by atoms with Crippen LogP contribution in [0, 0.1) is 5.92 Å². The molecule has 1 N–H and O–H groups in total. The number of nitrogens with zero attached hydrogens (tertiary/aromatic N) is 1. The number of hydrogen-bond donors (Lipinski definition) is 1. The minimum absolute atomic E-state index is 0.675. The molecule has 3 atom stereocenters. The SMILES string of the molecule is CCCNCC1CCCc2sc(C3CCC(C)C3)nc21. The summed E-state index contributed by atoms with van der Waals surface area (Å²) in [6, 6.07) is 0. The maximum atomic E-state index is 5.11. The first-order chi connectivity index (χ1) is 9.78. The molecule has 3 unspecified atom stereocenters. The maximum absolute atomic E-state index is 5.11. The summed E-state index contributed by atoms with van der Waals surface area (Å²) in [5.41, 5.74) is 1.46. The lowest BCUT2D eigenvalue weighted by Gasteiger charge is -2.21. The molecule has 1 saturated carbocycles. The molecule has 0 aromatic carbocycles. The molecule has 1 aromatic heterocycles. The molecule has 0 aliphatic heterocycles. The van der Waals surface area contributed by atoms with E-state index in [9.17, 15) is 0 Å². The summed E-state index contributed by atoms with van der Waals surface area (Å²) in [6.07, 6.45) is 9.32. The minimum Gasteiger partial charge on any atom is -0.316 e. The van der Waals surface area contributed by atoms with Gasteiger partial charge < -0.3 is 5.32 Å². The monoisotopic (exact) mass is 292 g/mol. The van der Waals surface area contributed by atoms with Gasteiger partial charge in [-0.25, -0.2) is 4.98 Å². The van der Waals surface area contributed by atoms with Gasteiger partial charge in [0.25, 0.3) is 0 Å². The molecule has 0 radical (unpaired) electrons. The summed E-state index contributed by atoms with van der Waals surface area (Å²) < 4.78 is 0. The van der Waals surface area contributed by atoms with Crippen molar-refractivity contribution in [2.45, 2.75) is 70.6 Å². The molecule has 0 bridgehead atoms. The fraction of sp³-hybridized carbons (Fsp3) is 0.824. The van der Waals surface area contributed by atoms with Crippen LogP contribution in [0.4, 0.5) is 0 Å². The van der Waals surface area contributed by atoms with Crippen molar-refractivity contribution in [2.24, 2.45) is 5.92 Å². The van der Waals surface area contributed by atoms with Crippen molar-refractivity contribution in [2.75, 3.05) is 13.1 Å². The molecular weight excluding hydrogens is 264 g/mol. The molecule has 0 amide bonds. The second kappa shape index (κ2) is 6.57. The van der Waals surface area contributed by atoms with Crippen molar-refractivity contribution in [1.29, 1.82) is 0 Å². The van der Waals surface area contributed by atoms with Gasteiger partial charge in [0.15, 0.2) is 0 Å². The lowest BCUT2D eigenvalue weighted by Crippen LogP contribution is -2.24. The number of hydrogen-bond acceptors (Lipinski definition) is 3. The third-order valence-electron chi connectivity index (χ3n) is 4.95. The van der Waals surface area contributed by atoms with Gasteiger partial charge in [-0.05, 0) is 51.0 Å². The van der Waals surface area contributed by atoms with E-state index in [4.69, 9.17) is 4.98 Å². The summed E-state index contributed by atoms with van der Waals surface area (Å²) in [4.78, 5) is 6.71. The summed E-state index contributed by atoms with van der Waals surface area (Å²) in [5.74, 6) is 2.35. The number of thiazole rings is 1. The highest BCUT2D eigenvalue weighted by atomic mass is 32.1. The van der Waals surface area contributed by atoms with E-state index in [1.807, 2.05) is 11.3 Å². The van der Waals surface area contributed by atoms with Gasteiger partial charge in [0, 0.05) is 23.3 Å². The average Bonchev–Trinajstić information content (AvgIpc) is 3.05. The summed E-state index contributed by atoms with van der Waals surface area (Å²) in [5, 5.41) is 5.06. The summed E-state index contributed by atoms with van der Waals surface area (Å²) >= 11 is 2.04. The second-order valence-electron chi connectivity index (χ2n) is 6.77. The molecule has 2 nitrogen and oxygen atoms in total. The number of aryl methyl sites for hydroxylation is 1. The van der Waals surface area contributed by atoms with Crippen LogP contribution >= 0.6 is 11.3 Å². The van der Waals surface area contributed by atoms with E-state index in [2.05, 4.69) is 19.2 Å². The van der Waals surface area contributed by atoms with Gasteiger partial charge >= 0.3 is 0 Å². The van der Waals surface area contributed by atoms with E-state index in [0.29, 0.717) is 5.92 Å². The molecule has 1 heterocycles. The zero-order chi connectivity index (χ0) is 13.9. The molecule has 3 heteroatoms. The van der Waals surface area contributed by atoms with E-state index >= 15 is 0 Å². The molecule has 20 heavy (non-hydrogen) atoms. The van der Waals surface area contributed by atoms with Crippen LogP contribution < -0.4 is 5.32 Å². The largest absolute Gasteiger partial charge is 0.316 e. The Morgan fingerprint density at radius 1 is 1.30 bits per heavy atom. The van der Waals surface area contributed by atoms with Crippen LogP contribution in [-0.2, 0) is 6.42 Å². The number of aromatic nitrogens is 1. The van der Waals surface area contributed by atoms with Crippen LogP contribution in [0.15, 0.2) is 0 Å². The van der Waals surface area contributed by atoms with E-state index in [-0.39, 0.29) is 0 Å². The molecular formula is C17H28N2S. The Morgan fingerprint density at radius 3 is 2.95 bits per heavy atom. The Labute approximate surface area is 127 Å². The Hall–Kier alpha value is -0.410. The molecule has 2 aliphatic rings. The molecule has 2 aliphatic carbocycles. The van der Waals surface area contributed by atoms with Crippen LogP contribution in [0.25, 0.3) is 0 Å². The first-order valence-corrected chi connectivity index (χ1v) is 9.29. The highest BCUT2D eigenvalue weighted by molar-refractivity contribution is 7.11. The quantitative estimate of drug-likeness (QED) is 0.810. The van der Waals surface area contributed by atoms with Gasteiger partial charge in [0.05, 0.1) is 10.7 Å². The fourth-order valence-electron chi connectivity index (χ4n) is 3.78. The van der Waals surface area contributed by atoms with Crippen LogP contribution in [-0.4, -0.2) is 18.1 Å². The van der Waals surface area contributed by atoms with Crippen molar-refractivity contribution < 1.29 is 0 Å². The van der Waals surface area contributed by atoms with Gasteiger partial charge in [-0.3, -0.25) is 0 Å². The van der Waals surface area contributed by atoms with Gasteiger partial charge in [0.2, 0.25) is 0 Å². The molecule has 1 fully saturated rings. The highest BCUT2D eigenvalue weighted by Crippen LogP contribution is 2.43. The summed E-state index contributed by atoms with van der Waals surface area (Å²) in [7, 11) is 0. The standard InChI is InChI=1S/C17H28N2S/c1-3-9-18-11-14-5-4-6-15-16(14)19-17(20-15)13-8-7-12(2)10-13/h12-14,18H,3-11H2,1-2H3. The molecule has 0 saturated heterocycles. The van der Waals surface area contributed by atoms with E-state index in [0.717, 1.165) is 24.9 Å². The number of rotatable bonds is 5. The fourth-order valence-corrected chi connectivity index (χ4v) is 5.12. The predicted molar refractivity (Wildman–Crippen MR) is 86.7 cm³/mol. The highest BCUT2D eigenvalue weighted by Gasteiger charge is 2.29. The van der Waals surface area contributed by atoms with Crippen molar-refractivity contribution in [1.82, 2.24) is 10.3 Å². The third-order valence-corrected chi connectivity index (χ3v) is 6.24. The lowest BCUT2D eigenvalue weighted by atomic mass is 9.91. The van der Waals surface area contributed by atoms with E-state index in [1.54, 1.807) is 4.88 Å². The molecule has 0 spiro atoms. The zero-order valence-corrected chi connectivity index (χ0v) is 13.8. The first-order valence-electron chi connectivity index (χ1n) is 8.48. The Morgan fingerprint density at radius 2 is 2.20 bits per heavy atom. The van der Waals surface area contributed by atoms with E-state index < -0.39 is 0 Å². The number of fused-ring (bicyclic) bond motifs is 1. The van der Waals surface area contributed by atoms with Crippen LogP contribution in [0.5, 0.6) is 0 Å². The van der Waals surface area contributed by atoms with Crippen LogP contribution in [0.1, 0.15) is 79.8 Å². The number of nitrogens with one attached hydrogen (secondary N) is 1. The smallest absolute Gasteiger partial charge is 0.0962 e. The second-order valence-corrected chi connectivity index (χ2v) is 7.88. The van der Waals surface area contributed by atoms with Gasteiger partial charge in [-0.2, -0.15) is 0 Å². The molecule has 112 valence electrons. The van der Waals surface area contributed by atoms with Crippen molar-refractivity contribution in [3.63, 3.8) is 0 Å². The maximum Gasteiger partial charge on any atom is 0.0962 e. The van der Waals surface area contributed by atoms with Crippen LogP contribution in [0.2, 0.25) is 0 Å². The minimum atomic E-state index is 0.675. The van der Waals surface area contributed by atoms with Gasteiger partial charge in [-0.1, -0.05) is 20.3 Å². The topological polar surface area (TPSA) is 24.9 Å². The van der Waals surface area contributed by atoms with Crippen molar-refractivity contribution in [3.8, 4) is 0 Å². The normalized spacial score (nSPS) is 29.6. The third kappa shape index (κ3) is 3.09. The zero-order valence-electron chi connectivity index (χ0n) is 13.0. The molecule has 3 rings (SSSR count). The Kier molecular flexibility index (Phi) is 4.77. The summed E-state index contributed by atoms with van der Waals surface area (Å²) in [6.45, 7) is 6.90. The first kappa shape index (κ1) is 14.5.